The zero-order valence-corrected chi connectivity index (χ0v) is 12.8. The Labute approximate surface area is 120 Å². The number of aromatic nitrogens is 2. The summed E-state index contributed by atoms with van der Waals surface area (Å²) in [5.74, 6) is 0.577. The molecule has 1 aliphatic carbocycles. The van der Waals surface area contributed by atoms with Gasteiger partial charge in [-0.3, -0.25) is 9.78 Å². The monoisotopic (exact) mass is 276 g/mol. The van der Waals surface area contributed by atoms with E-state index in [0.717, 1.165) is 25.7 Å². The maximum absolute atomic E-state index is 12.5. The van der Waals surface area contributed by atoms with Crippen LogP contribution >= 0.6 is 0 Å². The van der Waals surface area contributed by atoms with E-state index >= 15 is 0 Å². The third-order valence-corrected chi connectivity index (χ3v) is 4.29. The second-order valence-corrected chi connectivity index (χ2v) is 6.35. The van der Waals surface area contributed by atoms with Crippen molar-refractivity contribution in [2.75, 3.05) is 19.4 Å². The van der Waals surface area contributed by atoms with Gasteiger partial charge in [0, 0.05) is 20.1 Å². The highest BCUT2D eigenvalue weighted by Crippen LogP contribution is 2.36. The van der Waals surface area contributed by atoms with Gasteiger partial charge in [0.2, 0.25) is 0 Å². The summed E-state index contributed by atoms with van der Waals surface area (Å²) in [6, 6.07) is 0.315. The number of hydrogen-bond acceptors (Lipinski definition) is 4. The smallest absolute Gasteiger partial charge is 0.274 e. The first-order valence-corrected chi connectivity index (χ1v) is 7.20. The minimum Gasteiger partial charge on any atom is -0.372 e. The molecule has 1 aromatic heterocycles. The number of nitrogens with zero attached hydrogens (tertiary/aromatic N) is 3. The van der Waals surface area contributed by atoms with Gasteiger partial charge in [-0.05, 0) is 31.1 Å². The van der Waals surface area contributed by atoms with Crippen LogP contribution in [-0.4, -0.2) is 40.9 Å². The highest BCUT2D eigenvalue weighted by molar-refractivity contribution is 5.92. The fourth-order valence-electron chi connectivity index (χ4n) is 2.71. The van der Waals surface area contributed by atoms with Crippen LogP contribution in [0.5, 0.6) is 0 Å². The lowest BCUT2D eigenvalue weighted by molar-refractivity contribution is 0.0629. The number of rotatable bonds is 3. The first-order valence-electron chi connectivity index (χ1n) is 7.20. The van der Waals surface area contributed by atoms with Gasteiger partial charge in [0.1, 0.15) is 11.5 Å². The normalized spacial score (nSPS) is 18.6. The van der Waals surface area contributed by atoms with Gasteiger partial charge in [-0.2, -0.15) is 0 Å². The average molecular weight is 276 g/mol. The molecule has 1 aliphatic rings. The Morgan fingerprint density at radius 2 is 2.00 bits per heavy atom. The summed E-state index contributed by atoms with van der Waals surface area (Å²) in [6.45, 7) is 4.60. The lowest BCUT2D eigenvalue weighted by atomic mass is 9.75. The van der Waals surface area contributed by atoms with Crippen molar-refractivity contribution in [1.29, 1.82) is 0 Å². The van der Waals surface area contributed by atoms with E-state index in [1.54, 1.807) is 13.2 Å². The summed E-state index contributed by atoms with van der Waals surface area (Å²) in [5, 5.41) is 2.91. The Hall–Kier alpha value is -1.65. The molecule has 1 amide bonds. The molecular weight excluding hydrogens is 252 g/mol. The largest absolute Gasteiger partial charge is 0.372 e. The molecular formula is C15H24N4O. The summed E-state index contributed by atoms with van der Waals surface area (Å²) < 4.78 is 0. The molecule has 0 bridgehead atoms. The Balaban J connectivity index is 2.05. The standard InChI is InChI=1S/C15H24N4O/c1-15(2)7-5-11(6-8-15)19(4)14(20)12-9-17-10-13(16-3)18-12/h9-11H,5-8H2,1-4H3,(H,16,18). The third-order valence-electron chi connectivity index (χ3n) is 4.29. The summed E-state index contributed by atoms with van der Waals surface area (Å²) in [7, 11) is 3.64. The molecule has 1 saturated carbocycles. The van der Waals surface area contributed by atoms with Gasteiger partial charge in [0.05, 0.1) is 12.4 Å². The van der Waals surface area contributed by atoms with Crippen molar-refractivity contribution >= 4 is 11.7 Å². The molecule has 1 fully saturated rings. The molecule has 5 nitrogen and oxygen atoms in total. The van der Waals surface area contributed by atoms with Crippen molar-refractivity contribution in [2.24, 2.45) is 5.41 Å². The lowest BCUT2D eigenvalue weighted by Gasteiger charge is -2.38. The van der Waals surface area contributed by atoms with E-state index in [1.807, 2.05) is 11.9 Å². The third kappa shape index (κ3) is 3.26. The number of nitrogens with one attached hydrogen (secondary N) is 1. The molecule has 0 aromatic carbocycles. The van der Waals surface area contributed by atoms with Crippen LogP contribution in [-0.2, 0) is 0 Å². The van der Waals surface area contributed by atoms with E-state index in [9.17, 15) is 4.79 Å². The molecule has 1 aromatic rings. The minimum atomic E-state index is -0.0423. The number of hydrogen-bond donors (Lipinski definition) is 1. The molecule has 0 radical (unpaired) electrons. The molecule has 1 N–H and O–H groups in total. The molecule has 0 aliphatic heterocycles. The van der Waals surface area contributed by atoms with Crippen LogP contribution in [0.25, 0.3) is 0 Å². The first kappa shape index (κ1) is 14.8. The predicted molar refractivity (Wildman–Crippen MR) is 79.7 cm³/mol. The van der Waals surface area contributed by atoms with Crippen LogP contribution in [0.3, 0.4) is 0 Å². The van der Waals surface area contributed by atoms with Crippen molar-refractivity contribution < 1.29 is 4.79 Å². The molecule has 5 heteroatoms. The number of carbonyl (C=O) groups excluding carboxylic acids is 1. The Bertz CT molecular complexity index is 477. The van der Waals surface area contributed by atoms with Crippen LogP contribution < -0.4 is 5.32 Å². The molecule has 0 saturated heterocycles. The van der Waals surface area contributed by atoms with Crippen molar-refractivity contribution in [3.63, 3.8) is 0 Å². The SMILES string of the molecule is CNc1cncc(C(=O)N(C)C2CCC(C)(C)CC2)n1. The molecule has 1 heterocycles. The van der Waals surface area contributed by atoms with Crippen molar-refractivity contribution in [3.05, 3.63) is 18.1 Å². The Morgan fingerprint density at radius 1 is 1.35 bits per heavy atom. The molecule has 20 heavy (non-hydrogen) atoms. The van der Waals surface area contributed by atoms with Crippen LogP contribution in [0.1, 0.15) is 50.0 Å². The van der Waals surface area contributed by atoms with E-state index < -0.39 is 0 Å². The van der Waals surface area contributed by atoms with E-state index in [2.05, 4.69) is 29.1 Å². The highest BCUT2D eigenvalue weighted by atomic mass is 16.2. The van der Waals surface area contributed by atoms with Crippen LogP contribution in [0, 0.1) is 5.41 Å². The predicted octanol–water partition coefficient (Wildman–Crippen LogP) is 2.56. The summed E-state index contributed by atoms with van der Waals surface area (Å²) in [6.07, 6.45) is 7.60. The summed E-state index contributed by atoms with van der Waals surface area (Å²) in [4.78, 5) is 22.6. The zero-order valence-electron chi connectivity index (χ0n) is 12.8. The summed E-state index contributed by atoms with van der Waals surface area (Å²) in [5.41, 5.74) is 0.816. The lowest BCUT2D eigenvalue weighted by Crippen LogP contribution is -2.41. The van der Waals surface area contributed by atoms with E-state index in [0.29, 0.717) is 23.0 Å². The van der Waals surface area contributed by atoms with Crippen LogP contribution in [0.2, 0.25) is 0 Å². The van der Waals surface area contributed by atoms with Crippen LogP contribution in [0.15, 0.2) is 12.4 Å². The van der Waals surface area contributed by atoms with Gasteiger partial charge >= 0.3 is 0 Å². The van der Waals surface area contributed by atoms with Gasteiger partial charge in [-0.15, -0.1) is 0 Å². The van der Waals surface area contributed by atoms with Gasteiger partial charge < -0.3 is 10.2 Å². The molecule has 2 rings (SSSR count). The fourth-order valence-corrected chi connectivity index (χ4v) is 2.71. The molecule has 0 unspecified atom stereocenters. The van der Waals surface area contributed by atoms with E-state index in [4.69, 9.17) is 0 Å². The second-order valence-electron chi connectivity index (χ2n) is 6.35. The quantitative estimate of drug-likeness (QED) is 0.921. The number of anilines is 1. The van der Waals surface area contributed by atoms with Gasteiger partial charge in [0.25, 0.3) is 5.91 Å². The maximum atomic E-state index is 12.5. The highest BCUT2D eigenvalue weighted by Gasteiger charge is 2.31. The number of carbonyl (C=O) groups is 1. The average Bonchev–Trinajstić information content (AvgIpc) is 2.46. The number of amides is 1. The minimum absolute atomic E-state index is 0.0423. The molecule has 0 atom stereocenters. The van der Waals surface area contributed by atoms with Gasteiger partial charge in [-0.25, -0.2) is 4.98 Å². The molecule has 110 valence electrons. The summed E-state index contributed by atoms with van der Waals surface area (Å²) >= 11 is 0. The maximum Gasteiger partial charge on any atom is 0.274 e. The second kappa shape index (κ2) is 5.77. The van der Waals surface area contributed by atoms with Gasteiger partial charge in [-0.1, -0.05) is 13.8 Å². The van der Waals surface area contributed by atoms with Crippen molar-refractivity contribution in [3.8, 4) is 0 Å². The Morgan fingerprint density at radius 3 is 2.60 bits per heavy atom. The fraction of sp³-hybridized carbons (Fsp3) is 0.667. The van der Waals surface area contributed by atoms with E-state index in [-0.39, 0.29) is 5.91 Å². The topological polar surface area (TPSA) is 58.1 Å². The zero-order chi connectivity index (χ0) is 14.8. The first-order chi connectivity index (χ1) is 9.43. The Kier molecular flexibility index (Phi) is 4.26. The van der Waals surface area contributed by atoms with Crippen LogP contribution in [0.4, 0.5) is 5.82 Å². The van der Waals surface area contributed by atoms with Crippen molar-refractivity contribution in [1.82, 2.24) is 14.9 Å². The molecule has 0 spiro atoms. The van der Waals surface area contributed by atoms with Crippen molar-refractivity contribution in [2.45, 2.75) is 45.6 Å². The van der Waals surface area contributed by atoms with Gasteiger partial charge in [0.15, 0.2) is 0 Å². The van der Waals surface area contributed by atoms with E-state index in [1.165, 1.54) is 6.20 Å².